The molecule has 2 aromatic heterocycles. The van der Waals surface area contributed by atoms with E-state index >= 15 is 0 Å². The van der Waals surface area contributed by atoms with Gasteiger partial charge >= 0.3 is 5.97 Å². The molecule has 9 nitrogen and oxygen atoms in total. The lowest BCUT2D eigenvalue weighted by molar-refractivity contribution is 0.0527. The summed E-state index contributed by atoms with van der Waals surface area (Å²) in [6.07, 6.45) is 2.79. The van der Waals surface area contributed by atoms with Gasteiger partial charge in [0.05, 0.1) is 31.6 Å². The molecule has 0 saturated heterocycles. The lowest BCUT2D eigenvalue weighted by atomic mass is 10.3. The first kappa shape index (κ1) is 15.5. The number of aryl methyl sites for hydroxylation is 2. The normalized spacial score (nSPS) is 14.1. The van der Waals surface area contributed by atoms with Crippen molar-refractivity contribution < 1.29 is 17.9 Å². The number of carbonyl (C=O) groups is 1. The third-order valence-corrected chi connectivity index (χ3v) is 5.49. The molecule has 0 atom stereocenters. The summed E-state index contributed by atoms with van der Waals surface area (Å²) >= 11 is 0. The fourth-order valence-electron chi connectivity index (χ4n) is 2.63. The smallest absolute Gasteiger partial charge is 0.343 e. The van der Waals surface area contributed by atoms with Crippen LogP contribution in [0.25, 0.3) is 0 Å². The van der Waals surface area contributed by atoms with Crippen molar-refractivity contribution in [1.82, 2.24) is 19.6 Å². The second-order valence-electron chi connectivity index (χ2n) is 5.16. The van der Waals surface area contributed by atoms with Crippen LogP contribution in [-0.4, -0.2) is 47.1 Å². The number of anilines is 1. The summed E-state index contributed by atoms with van der Waals surface area (Å²) in [5.74, 6) is -0.342. The Bertz CT molecular complexity index is 867. The van der Waals surface area contributed by atoms with Gasteiger partial charge in [0.1, 0.15) is 10.5 Å². The van der Waals surface area contributed by atoms with E-state index in [1.165, 1.54) is 26.1 Å². The average molecular weight is 339 g/mol. The van der Waals surface area contributed by atoms with Crippen LogP contribution in [0, 0.1) is 6.92 Å². The van der Waals surface area contributed by atoms with E-state index in [2.05, 4.69) is 10.2 Å². The predicted octanol–water partition coefficient (Wildman–Crippen LogP) is 0.311. The van der Waals surface area contributed by atoms with E-state index in [9.17, 15) is 13.2 Å². The van der Waals surface area contributed by atoms with Gasteiger partial charge in [0, 0.05) is 13.2 Å². The van der Waals surface area contributed by atoms with Crippen LogP contribution in [0.2, 0.25) is 0 Å². The Morgan fingerprint density at radius 2 is 2.13 bits per heavy atom. The van der Waals surface area contributed by atoms with Gasteiger partial charge in [-0.2, -0.15) is 10.2 Å². The second kappa shape index (κ2) is 5.37. The average Bonchev–Trinajstić information content (AvgIpc) is 3.13. The Morgan fingerprint density at radius 1 is 1.39 bits per heavy atom. The molecule has 10 heteroatoms. The fourth-order valence-corrected chi connectivity index (χ4v) is 4.31. The van der Waals surface area contributed by atoms with Gasteiger partial charge in [0.25, 0.3) is 10.0 Å². The van der Waals surface area contributed by atoms with Gasteiger partial charge in [0.2, 0.25) is 0 Å². The fraction of sp³-hybridized carbons (Fsp3) is 0.462. The van der Waals surface area contributed by atoms with Gasteiger partial charge in [-0.1, -0.05) is 0 Å². The molecule has 23 heavy (non-hydrogen) atoms. The molecule has 1 aliphatic heterocycles. The summed E-state index contributed by atoms with van der Waals surface area (Å²) in [7, 11) is -2.16. The topological polar surface area (TPSA) is 99.3 Å². The van der Waals surface area contributed by atoms with Gasteiger partial charge in [-0.05, 0) is 13.8 Å². The minimum Gasteiger partial charge on any atom is -0.462 e. The number of rotatable bonds is 4. The van der Waals surface area contributed by atoms with Crippen molar-refractivity contribution in [1.29, 1.82) is 0 Å². The summed E-state index contributed by atoms with van der Waals surface area (Å²) in [5.41, 5.74) is 0.553. The quantitative estimate of drug-likeness (QED) is 0.744. The molecule has 0 saturated carbocycles. The van der Waals surface area contributed by atoms with Crippen molar-refractivity contribution in [3.05, 3.63) is 23.7 Å². The number of fused-ring (bicyclic) bond motifs is 1. The molecule has 0 spiro atoms. The first-order chi connectivity index (χ1) is 10.9. The molecule has 1 aliphatic rings. The highest BCUT2D eigenvalue weighted by atomic mass is 32.2. The number of nitrogens with zero attached hydrogens (tertiary/aromatic N) is 5. The van der Waals surface area contributed by atoms with Gasteiger partial charge in [0.15, 0.2) is 5.82 Å². The van der Waals surface area contributed by atoms with Gasteiger partial charge in [-0.25, -0.2) is 22.2 Å². The lowest BCUT2D eigenvalue weighted by Gasteiger charge is -2.18. The first-order valence-corrected chi connectivity index (χ1v) is 8.56. The van der Waals surface area contributed by atoms with E-state index in [0.717, 1.165) is 0 Å². The number of hydrogen-bond donors (Lipinski definition) is 0. The molecule has 2 aromatic rings. The SMILES string of the molecule is CCOC(=O)c1cnn2c1N(S(=O)(=O)c1cn(C)nc1C)CC2. The zero-order chi connectivity index (χ0) is 16.8. The number of aromatic nitrogens is 4. The van der Waals surface area contributed by atoms with Crippen molar-refractivity contribution >= 4 is 21.8 Å². The summed E-state index contributed by atoms with van der Waals surface area (Å²) in [4.78, 5) is 12.1. The van der Waals surface area contributed by atoms with Crippen molar-refractivity contribution in [2.24, 2.45) is 7.05 Å². The van der Waals surface area contributed by atoms with Crippen molar-refractivity contribution in [3.8, 4) is 0 Å². The monoisotopic (exact) mass is 339 g/mol. The summed E-state index contributed by atoms with van der Waals surface area (Å²) in [5, 5.41) is 8.15. The molecular formula is C13H17N5O4S. The number of carbonyl (C=O) groups excluding carboxylic acids is 1. The van der Waals surface area contributed by atoms with Crippen LogP contribution in [0.15, 0.2) is 17.3 Å². The standard InChI is InChI=1S/C13H17N5O4S/c1-4-22-13(19)10-7-14-17-5-6-18(12(10)17)23(20,21)11-8-16(3)15-9(11)2/h7-8H,4-6H2,1-3H3. The van der Waals surface area contributed by atoms with E-state index in [1.807, 2.05) is 0 Å². The molecule has 0 fully saturated rings. The Labute approximate surface area is 133 Å². The van der Waals surface area contributed by atoms with Crippen molar-refractivity contribution in [3.63, 3.8) is 0 Å². The summed E-state index contributed by atoms with van der Waals surface area (Å²) < 4.78 is 35.0. The molecular weight excluding hydrogens is 322 g/mol. The molecule has 0 aromatic carbocycles. The zero-order valence-electron chi connectivity index (χ0n) is 13.1. The van der Waals surface area contributed by atoms with E-state index in [1.54, 1.807) is 20.9 Å². The van der Waals surface area contributed by atoms with Gasteiger partial charge in [-0.15, -0.1) is 0 Å². The predicted molar refractivity (Wildman–Crippen MR) is 80.7 cm³/mol. The number of esters is 1. The highest BCUT2D eigenvalue weighted by molar-refractivity contribution is 7.92. The van der Waals surface area contributed by atoms with Crippen LogP contribution < -0.4 is 4.31 Å². The van der Waals surface area contributed by atoms with Crippen LogP contribution in [0.1, 0.15) is 23.0 Å². The Kier molecular flexibility index (Phi) is 3.63. The van der Waals surface area contributed by atoms with Crippen LogP contribution in [0.4, 0.5) is 5.82 Å². The molecule has 3 rings (SSSR count). The maximum absolute atomic E-state index is 12.9. The minimum atomic E-state index is -3.82. The lowest BCUT2D eigenvalue weighted by Crippen LogP contribution is -2.30. The van der Waals surface area contributed by atoms with Gasteiger partial charge < -0.3 is 4.74 Å². The zero-order valence-corrected chi connectivity index (χ0v) is 13.9. The maximum atomic E-state index is 12.9. The molecule has 0 aliphatic carbocycles. The maximum Gasteiger partial charge on any atom is 0.343 e. The molecule has 0 bridgehead atoms. The number of sulfonamides is 1. The van der Waals surface area contributed by atoms with Crippen molar-refractivity contribution in [2.75, 3.05) is 17.5 Å². The van der Waals surface area contributed by atoms with E-state index in [4.69, 9.17) is 4.74 Å². The van der Waals surface area contributed by atoms with Crippen LogP contribution in [0.3, 0.4) is 0 Å². The van der Waals surface area contributed by atoms with E-state index < -0.39 is 16.0 Å². The molecule has 3 heterocycles. The third-order valence-electron chi connectivity index (χ3n) is 3.59. The molecule has 0 radical (unpaired) electrons. The van der Waals surface area contributed by atoms with Crippen molar-refractivity contribution in [2.45, 2.75) is 25.3 Å². The Balaban J connectivity index is 2.07. The Hall–Kier alpha value is -2.36. The molecule has 0 N–H and O–H groups in total. The number of ether oxygens (including phenoxy) is 1. The van der Waals surface area contributed by atoms with Crippen LogP contribution in [-0.2, 0) is 28.4 Å². The highest BCUT2D eigenvalue weighted by Crippen LogP contribution is 2.32. The highest BCUT2D eigenvalue weighted by Gasteiger charge is 2.37. The van der Waals surface area contributed by atoms with Crippen LogP contribution in [0.5, 0.6) is 0 Å². The largest absolute Gasteiger partial charge is 0.462 e. The number of hydrogen-bond acceptors (Lipinski definition) is 6. The van der Waals surface area contributed by atoms with Crippen LogP contribution >= 0.6 is 0 Å². The van der Waals surface area contributed by atoms with E-state index in [-0.39, 0.29) is 29.4 Å². The molecule has 124 valence electrons. The molecule has 0 amide bonds. The second-order valence-corrected chi connectivity index (χ2v) is 6.99. The van der Waals surface area contributed by atoms with E-state index in [0.29, 0.717) is 12.2 Å². The third kappa shape index (κ3) is 2.38. The van der Waals surface area contributed by atoms with Gasteiger partial charge in [-0.3, -0.25) is 4.68 Å². The first-order valence-electron chi connectivity index (χ1n) is 7.12. The summed E-state index contributed by atoms with van der Waals surface area (Å²) in [6, 6.07) is 0. The summed E-state index contributed by atoms with van der Waals surface area (Å²) in [6.45, 7) is 4.12. The molecule has 0 unspecified atom stereocenters. The Morgan fingerprint density at radius 3 is 2.74 bits per heavy atom. The minimum absolute atomic E-state index is 0.115.